The Morgan fingerprint density at radius 1 is 1.48 bits per heavy atom. The van der Waals surface area contributed by atoms with Crippen LogP contribution in [0.1, 0.15) is 25.3 Å². The SMILES string of the molecule is CCOc1ccc(NC(=O)CNCC2CCCO2)cc1C. The predicted octanol–water partition coefficient (Wildman–Crippen LogP) is 2.10. The predicted molar refractivity (Wildman–Crippen MR) is 82.8 cm³/mol. The van der Waals surface area contributed by atoms with Crippen molar-refractivity contribution in [2.24, 2.45) is 0 Å². The van der Waals surface area contributed by atoms with Gasteiger partial charge < -0.3 is 20.1 Å². The Balaban J connectivity index is 1.75. The van der Waals surface area contributed by atoms with Gasteiger partial charge in [-0.2, -0.15) is 0 Å². The quantitative estimate of drug-likeness (QED) is 0.808. The molecule has 0 spiro atoms. The molecule has 1 unspecified atom stereocenters. The maximum absolute atomic E-state index is 11.9. The number of benzene rings is 1. The molecule has 1 amide bonds. The lowest BCUT2D eigenvalue weighted by Crippen LogP contribution is -2.33. The van der Waals surface area contributed by atoms with Crippen LogP contribution in [0.15, 0.2) is 18.2 Å². The minimum atomic E-state index is -0.0449. The minimum Gasteiger partial charge on any atom is -0.494 e. The molecule has 1 aliphatic rings. The third-order valence-electron chi connectivity index (χ3n) is 3.44. The van der Waals surface area contributed by atoms with Crippen LogP contribution in [-0.2, 0) is 9.53 Å². The Kier molecular flexibility index (Phi) is 6.02. The van der Waals surface area contributed by atoms with Crippen LogP contribution in [0.5, 0.6) is 5.75 Å². The van der Waals surface area contributed by atoms with Crippen molar-refractivity contribution in [3.05, 3.63) is 23.8 Å². The van der Waals surface area contributed by atoms with Crippen LogP contribution in [0, 0.1) is 6.92 Å². The highest BCUT2D eigenvalue weighted by atomic mass is 16.5. The monoisotopic (exact) mass is 292 g/mol. The molecule has 0 bridgehead atoms. The first-order valence-electron chi connectivity index (χ1n) is 7.54. The number of carbonyl (C=O) groups excluding carboxylic acids is 1. The van der Waals surface area contributed by atoms with E-state index >= 15 is 0 Å². The topological polar surface area (TPSA) is 59.6 Å². The summed E-state index contributed by atoms with van der Waals surface area (Å²) in [6.45, 7) is 6.43. The second-order valence-electron chi connectivity index (χ2n) is 5.23. The first-order chi connectivity index (χ1) is 10.2. The van der Waals surface area contributed by atoms with E-state index in [0.29, 0.717) is 13.2 Å². The van der Waals surface area contributed by atoms with E-state index in [2.05, 4.69) is 10.6 Å². The summed E-state index contributed by atoms with van der Waals surface area (Å²) in [5.74, 6) is 0.809. The molecule has 1 aromatic carbocycles. The fourth-order valence-electron chi connectivity index (χ4n) is 2.40. The summed E-state index contributed by atoms with van der Waals surface area (Å²) >= 11 is 0. The highest BCUT2D eigenvalue weighted by Gasteiger charge is 2.15. The number of nitrogens with one attached hydrogen (secondary N) is 2. The van der Waals surface area contributed by atoms with Crippen molar-refractivity contribution in [2.75, 3.05) is 31.6 Å². The van der Waals surface area contributed by atoms with Crippen LogP contribution in [0.2, 0.25) is 0 Å². The van der Waals surface area contributed by atoms with Crippen LogP contribution in [0.4, 0.5) is 5.69 Å². The molecule has 116 valence electrons. The van der Waals surface area contributed by atoms with Gasteiger partial charge in [0.1, 0.15) is 5.75 Å². The van der Waals surface area contributed by atoms with Crippen molar-refractivity contribution in [2.45, 2.75) is 32.8 Å². The van der Waals surface area contributed by atoms with Gasteiger partial charge in [-0.1, -0.05) is 0 Å². The summed E-state index contributed by atoms with van der Waals surface area (Å²) in [4.78, 5) is 11.9. The lowest BCUT2D eigenvalue weighted by molar-refractivity contribution is -0.115. The van der Waals surface area contributed by atoms with Crippen molar-refractivity contribution in [3.8, 4) is 5.75 Å². The Hall–Kier alpha value is -1.59. The maximum Gasteiger partial charge on any atom is 0.238 e. The fraction of sp³-hybridized carbons (Fsp3) is 0.562. The molecule has 1 heterocycles. The Labute approximate surface area is 126 Å². The zero-order chi connectivity index (χ0) is 15.1. The average molecular weight is 292 g/mol. The number of anilines is 1. The number of rotatable bonds is 7. The van der Waals surface area contributed by atoms with Gasteiger partial charge in [-0.25, -0.2) is 0 Å². The standard InChI is InChI=1S/C16H24N2O3/c1-3-20-15-7-6-13(9-12(15)2)18-16(19)11-17-10-14-5-4-8-21-14/h6-7,9,14,17H,3-5,8,10-11H2,1-2H3,(H,18,19). The molecule has 0 aromatic heterocycles. The molecule has 0 radical (unpaired) electrons. The number of hydrogen-bond acceptors (Lipinski definition) is 4. The van der Waals surface area contributed by atoms with Gasteiger partial charge in [-0.3, -0.25) is 4.79 Å². The molecular formula is C16H24N2O3. The summed E-state index contributed by atoms with van der Waals surface area (Å²) in [5.41, 5.74) is 1.81. The lowest BCUT2D eigenvalue weighted by atomic mass is 10.2. The summed E-state index contributed by atoms with van der Waals surface area (Å²) in [6, 6.07) is 5.66. The molecule has 5 nitrogen and oxygen atoms in total. The van der Waals surface area contributed by atoms with Crippen molar-refractivity contribution in [3.63, 3.8) is 0 Å². The smallest absolute Gasteiger partial charge is 0.238 e. The maximum atomic E-state index is 11.9. The van der Waals surface area contributed by atoms with Gasteiger partial charge >= 0.3 is 0 Å². The van der Waals surface area contributed by atoms with Crippen LogP contribution in [0.25, 0.3) is 0 Å². The Morgan fingerprint density at radius 2 is 2.33 bits per heavy atom. The molecule has 0 aliphatic carbocycles. The molecule has 1 aliphatic heterocycles. The molecule has 5 heteroatoms. The third kappa shape index (κ3) is 5.02. The van der Waals surface area contributed by atoms with Gasteiger partial charge in [0.2, 0.25) is 5.91 Å². The number of carbonyl (C=O) groups is 1. The van der Waals surface area contributed by atoms with E-state index in [1.165, 1.54) is 0 Å². The Morgan fingerprint density at radius 3 is 3.00 bits per heavy atom. The van der Waals surface area contributed by atoms with Gasteiger partial charge in [-0.15, -0.1) is 0 Å². The molecule has 1 fully saturated rings. The second-order valence-corrected chi connectivity index (χ2v) is 5.23. The molecular weight excluding hydrogens is 268 g/mol. The molecule has 1 saturated heterocycles. The first kappa shape index (κ1) is 15.8. The van der Waals surface area contributed by atoms with Crippen LogP contribution < -0.4 is 15.4 Å². The zero-order valence-corrected chi connectivity index (χ0v) is 12.8. The van der Waals surface area contributed by atoms with Crippen molar-refractivity contribution in [1.29, 1.82) is 0 Å². The molecule has 0 saturated carbocycles. The Bertz CT molecular complexity index is 471. The van der Waals surface area contributed by atoms with Crippen molar-refractivity contribution in [1.82, 2.24) is 5.32 Å². The van der Waals surface area contributed by atoms with Crippen molar-refractivity contribution >= 4 is 11.6 Å². The van der Waals surface area contributed by atoms with Gasteiger partial charge in [0.15, 0.2) is 0 Å². The van der Waals surface area contributed by atoms with Crippen LogP contribution in [-0.4, -0.2) is 38.3 Å². The van der Waals surface area contributed by atoms with Gasteiger partial charge in [0, 0.05) is 18.8 Å². The van der Waals surface area contributed by atoms with Crippen molar-refractivity contribution < 1.29 is 14.3 Å². The largest absolute Gasteiger partial charge is 0.494 e. The number of aryl methyl sites for hydroxylation is 1. The highest BCUT2D eigenvalue weighted by molar-refractivity contribution is 5.92. The second kappa shape index (κ2) is 8.00. The third-order valence-corrected chi connectivity index (χ3v) is 3.44. The van der Waals surface area contributed by atoms with Gasteiger partial charge in [0.25, 0.3) is 0 Å². The highest BCUT2D eigenvalue weighted by Crippen LogP contribution is 2.21. The van der Waals surface area contributed by atoms with E-state index in [4.69, 9.17) is 9.47 Å². The van der Waals surface area contributed by atoms with E-state index in [9.17, 15) is 4.79 Å². The van der Waals surface area contributed by atoms with E-state index in [1.54, 1.807) is 0 Å². The summed E-state index contributed by atoms with van der Waals surface area (Å²) < 4.78 is 11.0. The van der Waals surface area contributed by atoms with Gasteiger partial charge in [-0.05, 0) is 50.5 Å². The van der Waals surface area contributed by atoms with Crippen LogP contribution >= 0.6 is 0 Å². The first-order valence-corrected chi connectivity index (χ1v) is 7.54. The van der Waals surface area contributed by atoms with E-state index < -0.39 is 0 Å². The number of hydrogen-bond donors (Lipinski definition) is 2. The molecule has 1 atom stereocenters. The zero-order valence-electron chi connectivity index (χ0n) is 12.8. The normalized spacial score (nSPS) is 17.7. The van der Waals surface area contributed by atoms with E-state index in [0.717, 1.165) is 43.0 Å². The molecule has 2 N–H and O–H groups in total. The van der Waals surface area contributed by atoms with Gasteiger partial charge in [0.05, 0.1) is 19.3 Å². The lowest BCUT2D eigenvalue weighted by Gasteiger charge is -2.12. The minimum absolute atomic E-state index is 0.0449. The van der Waals surface area contributed by atoms with Crippen LogP contribution in [0.3, 0.4) is 0 Å². The molecule has 2 rings (SSSR count). The summed E-state index contributed by atoms with van der Waals surface area (Å²) in [6.07, 6.45) is 2.45. The average Bonchev–Trinajstić information content (AvgIpc) is 2.95. The fourth-order valence-corrected chi connectivity index (χ4v) is 2.40. The summed E-state index contributed by atoms with van der Waals surface area (Å²) in [7, 11) is 0. The molecule has 1 aromatic rings. The van der Waals surface area contributed by atoms with E-state index in [1.807, 2.05) is 32.0 Å². The number of amides is 1. The summed E-state index contributed by atoms with van der Waals surface area (Å²) in [5, 5.41) is 6.01. The van der Waals surface area contributed by atoms with E-state index in [-0.39, 0.29) is 12.0 Å². The number of ether oxygens (including phenoxy) is 2. The molecule has 21 heavy (non-hydrogen) atoms.